The lowest BCUT2D eigenvalue weighted by Crippen LogP contribution is -2.11. The van der Waals surface area contributed by atoms with Crippen LogP contribution < -0.4 is 0 Å². The highest BCUT2D eigenvalue weighted by atomic mass is 16.5. The maximum absolute atomic E-state index is 9.32. The summed E-state index contributed by atoms with van der Waals surface area (Å²) < 4.78 is 5.33. The molecule has 1 aromatic carbocycles. The molecule has 0 aliphatic carbocycles. The van der Waals surface area contributed by atoms with Gasteiger partial charge in [0.15, 0.2) is 0 Å². The summed E-state index contributed by atoms with van der Waals surface area (Å²) in [4.78, 5) is 0. The highest BCUT2D eigenvalue weighted by Gasteiger charge is 1.98. The zero-order chi connectivity index (χ0) is 10.2. The van der Waals surface area contributed by atoms with Crippen molar-refractivity contribution in [1.82, 2.24) is 0 Å². The molecule has 1 aromatic rings. The molecule has 14 heavy (non-hydrogen) atoms. The van der Waals surface area contributed by atoms with Crippen LogP contribution in [0, 0.1) is 0 Å². The first-order valence-electron chi connectivity index (χ1n) is 4.75. The van der Waals surface area contributed by atoms with Crippen molar-refractivity contribution in [3.63, 3.8) is 0 Å². The number of ether oxygens (including phenoxy) is 1. The molecule has 1 atom stereocenters. The van der Waals surface area contributed by atoms with Gasteiger partial charge >= 0.3 is 0 Å². The summed E-state index contributed by atoms with van der Waals surface area (Å²) in [6.07, 6.45) is 3.03. The molecule has 0 aliphatic rings. The minimum absolute atomic E-state index is 0.346. The molecule has 0 aliphatic heterocycles. The molecular weight excluding hydrogens is 176 g/mol. The number of rotatable bonds is 5. The molecule has 0 aromatic heterocycles. The van der Waals surface area contributed by atoms with Crippen LogP contribution in [0.5, 0.6) is 0 Å². The Balaban J connectivity index is 2.22. The van der Waals surface area contributed by atoms with Crippen LogP contribution in [-0.2, 0) is 11.3 Å². The Hall–Kier alpha value is -1.12. The third kappa shape index (κ3) is 4.21. The predicted molar refractivity (Wildman–Crippen MR) is 56.9 cm³/mol. The normalized spacial score (nSPS) is 13.3. The van der Waals surface area contributed by atoms with Crippen molar-refractivity contribution in [2.75, 3.05) is 6.61 Å². The van der Waals surface area contributed by atoms with Crippen LogP contribution in [0.25, 0.3) is 0 Å². The third-order valence-corrected chi connectivity index (χ3v) is 1.81. The minimum atomic E-state index is -0.497. The summed E-state index contributed by atoms with van der Waals surface area (Å²) in [5.41, 5.74) is 1.13. The fraction of sp³-hybridized carbons (Fsp3) is 0.333. The molecule has 2 nitrogen and oxygen atoms in total. The predicted octanol–water partition coefficient (Wildman–Crippen LogP) is 2.14. The van der Waals surface area contributed by atoms with Crippen molar-refractivity contribution < 1.29 is 9.84 Å². The number of hydrogen-bond donors (Lipinski definition) is 1. The molecule has 0 bridgehead atoms. The Labute approximate surface area is 84.8 Å². The van der Waals surface area contributed by atoms with Gasteiger partial charge in [0.25, 0.3) is 0 Å². The van der Waals surface area contributed by atoms with Crippen LogP contribution in [0.1, 0.15) is 12.5 Å². The summed E-state index contributed by atoms with van der Waals surface area (Å²) in [6.45, 7) is 2.77. The second kappa shape index (κ2) is 6.35. The molecular formula is C12H16O2. The molecule has 0 radical (unpaired) electrons. The van der Waals surface area contributed by atoms with E-state index in [1.807, 2.05) is 43.3 Å². The lowest BCUT2D eigenvalue weighted by molar-refractivity contribution is 0.0503. The smallest absolute Gasteiger partial charge is 0.0954 e. The summed E-state index contributed by atoms with van der Waals surface area (Å²) in [5, 5.41) is 9.32. The van der Waals surface area contributed by atoms with Crippen LogP contribution in [-0.4, -0.2) is 17.8 Å². The van der Waals surface area contributed by atoms with Gasteiger partial charge in [0.05, 0.1) is 19.3 Å². The lowest BCUT2D eigenvalue weighted by atomic mass is 10.2. The van der Waals surface area contributed by atoms with E-state index in [2.05, 4.69) is 0 Å². The van der Waals surface area contributed by atoms with Crippen LogP contribution in [0.15, 0.2) is 42.5 Å². The quantitative estimate of drug-likeness (QED) is 0.724. The maximum atomic E-state index is 9.32. The SMILES string of the molecule is CC=C[C@H](O)COCc1ccccc1. The molecule has 0 heterocycles. The van der Waals surface area contributed by atoms with E-state index in [0.717, 1.165) is 5.56 Å². The topological polar surface area (TPSA) is 29.5 Å². The van der Waals surface area contributed by atoms with Crippen LogP contribution in [0.3, 0.4) is 0 Å². The van der Waals surface area contributed by atoms with E-state index in [0.29, 0.717) is 13.2 Å². The van der Waals surface area contributed by atoms with E-state index >= 15 is 0 Å². The number of aliphatic hydroxyl groups excluding tert-OH is 1. The lowest BCUT2D eigenvalue weighted by Gasteiger charge is -2.06. The van der Waals surface area contributed by atoms with Gasteiger partial charge in [0.2, 0.25) is 0 Å². The fourth-order valence-electron chi connectivity index (χ4n) is 1.15. The first-order valence-corrected chi connectivity index (χ1v) is 4.75. The number of aliphatic hydroxyl groups is 1. The first-order chi connectivity index (χ1) is 6.83. The Morgan fingerprint density at radius 2 is 2.07 bits per heavy atom. The average Bonchev–Trinajstić information content (AvgIpc) is 2.20. The summed E-state index contributed by atoms with van der Waals surface area (Å²) >= 11 is 0. The molecule has 0 saturated carbocycles. The van der Waals surface area contributed by atoms with E-state index in [4.69, 9.17) is 4.74 Å². The Morgan fingerprint density at radius 3 is 2.71 bits per heavy atom. The first kappa shape index (κ1) is 11.0. The number of hydrogen-bond acceptors (Lipinski definition) is 2. The Morgan fingerprint density at radius 1 is 1.36 bits per heavy atom. The van der Waals surface area contributed by atoms with Crippen molar-refractivity contribution in [2.24, 2.45) is 0 Å². The van der Waals surface area contributed by atoms with Crippen molar-refractivity contribution >= 4 is 0 Å². The van der Waals surface area contributed by atoms with E-state index < -0.39 is 6.10 Å². The van der Waals surface area contributed by atoms with Crippen molar-refractivity contribution in [3.05, 3.63) is 48.0 Å². The van der Waals surface area contributed by atoms with Gasteiger partial charge in [0, 0.05) is 0 Å². The van der Waals surface area contributed by atoms with Gasteiger partial charge in [-0.15, -0.1) is 0 Å². The van der Waals surface area contributed by atoms with Gasteiger partial charge in [-0.1, -0.05) is 42.5 Å². The standard InChI is InChI=1S/C12H16O2/c1-2-6-12(13)10-14-9-11-7-4-3-5-8-11/h2-8,12-13H,9-10H2,1H3/t12-/m0/s1. The van der Waals surface area contributed by atoms with Gasteiger partial charge in [-0.3, -0.25) is 0 Å². The largest absolute Gasteiger partial charge is 0.387 e. The molecule has 1 rings (SSSR count). The van der Waals surface area contributed by atoms with Crippen molar-refractivity contribution in [2.45, 2.75) is 19.6 Å². The summed E-state index contributed by atoms with van der Waals surface area (Å²) in [6, 6.07) is 9.92. The monoisotopic (exact) mass is 192 g/mol. The molecule has 2 heteroatoms. The second-order valence-corrected chi connectivity index (χ2v) is 3.09. The van der Waals surface area contributed by atoms with Crippen LogP contribution >= 0.6 is 0 Å². The Kier molecular flexibility index (Phi) is 4.97. The van der Waals surface area contributed by atoms with E-state index in [-0.39, 0.29) is 0 Å². The van der Waals surface area contributed by atoms with Crippen LogP contribution in [0.4, 0.5) is 0 Å². The molecule has 0 unspecified atom stereocenters. The van der Waals surface area contributed by atoms with Crippen molar-refractivity contribution in [1.29, 1.82) is 0 Å². The highest BCUT2D eigenvalue weighted by Crippen LogP contribution is 2.01. The molecule has 0 fully saturated rings. The molecule has 1 N–H and O–H groups in total. The van der Waals surface area contributed by atoms with Crippen molar-refractivity contribution in [3.8, 4) is 0 Å². The second-order valence-electron chi connectivity index (χ2n) is 3.09. The maximum Gasteiger partial charge on any atom is 0.0954 e. The minimum Gasteiger partial charge on any atom is -0.387 e. The summed E-state index contributed by atoms with van der Waals surface area (Å²) in [7, 11) is 0. The molecule has 0 spiro atoms. The zero-order valence-electron chi connectivity index (χ0n) is 8.39. The van der Waals surface area contributed by atoms with Gasteiger partial charge in [-0.25, -0.2) is 0 Å². The van der Waals surface area contributed by atoms with Gasteiger partial charge in [-0.2, -0.15) is 0 Å². The van der Waals surface area contributed by atoms with E-state index in [1.165, 1.54) is 0 Å². The number of allylic oxidation sites excluding steroid dienone is 1. The molecule has 0 amide bonds. The molecule has 0 saturated heterocycles. The average molecular weight is 192 g/mol. The van der Waals surface area contributed by atoms with Crippen LogP contribution in [0.2, 0.25) is 0 Å². The number of benzene rings is 1. The van der Waals surface area contributed by atoms with Gasteiger partial charge in [-0.05, 0) is 12.5 Å². The van der Waals surface area contributed by atoms with E-state index in [9.17, 15) is 5.11 Å². The highest BCUT2D eigenvalue weighted by molar-refractivity contribution is 5.13. The Bertz CT molecular complexity index is 267. The fourth-order valence-corrected chi connectivity index (χ4v) is 1.15. The zero-order valence-corrected chi connectivity index (χ0v) is 8.39. The third-order valence-electron chi connectivity index (χ3n) is 1.81. The summed E-state index contributed by atoms with van der Waals surface area (Å²) in [5.74, 6) is 0. The van der Waals surface area contributed by atoms with Gasteiger partial charge < -0.3 is 9.84 Å². The van der Waals surface area contributed by atoms with Gasteiger partial charge in [0.1, 0.15) is 0 Å². The van der Waals surface area contributed by atoms with E-state index in [1.54, 1.807) is 6.08 Å². The molecule has 76 valence electrons.